The maximum atomic E-state index is 13.2. The van der Waals surface area contributed by atoms with E-state index in [9.17, 15) is 9.59 Å². The van der Waals surface area contributed by atoms with Crippen molar-refractivity contribution in [1.29, 1.82) is 0 Å². The summed E-state index contributed by atoms with van der Waals surface area (Å²) in [4.78, 5) is 29.3. The molecule has 0 saturated carbocycles. The maximum absolute atomic E-state index is 13.2. The highest BCUT2D eigenvalue weighted by Crippen LogP contribution is 2.29. The van der Waals surface area contributed by atoms with Gasteiger partial charge in [0.15, 0.2) is 0 Å². The molecule has 2 heterocycles. The van der Waals surface area contributed by atoms with E-state index >= 15 is 0 Å². The molecular weight excluding hydrogens is 384 g/mol. The van der Waals surface area contributed by atoms with Gasteiger partial charge in [-0.1, -0.05) is 12.1 Å². The third-order valence-corrected chi connectivity index (χ3v) is 5.25. The highest BCUT2D eigenvalue weighted by atomic mass is 16.5. The Balaban J connectivity index is 1.56. The lowest BCUT2D eigenvalue weighted by molar-refractivity contribution is 0.0748. The lowest BCUT2D eigenvalue weighted by atomic mass is 10.1. The van der Waals surface area contributed by atoms with Gasteiger partial charge in [-0.05, 0) is 31.2 Å². The second-order valence-electron chi connectivity index (χ2n) is 7.02. The molecular formula is C23H24N2O5. The monoisotopic (exact) mass is 408 g/mol. The van der Waals surface area contributed by atoms with Crippen LogP contribution < -0.4 is 20.0 Å². The number of ether oxygens (including phenoxy) is 2. The van der Waals surface area contributed by atoms with E-state index in [1.807, 2.05) is 31.2 Å². The van der Waals surface area contributed by atoms with Gasteiger partial charge in [0.2, 0.25) is 0 Å². The van der Waals surface area contributed by atoms with Crippen LogP contribution in [0.3, 0.4) is 0 Å². The van der Waals surface area contributed by atoms with Gasteiger partial charge in [-0.15, -0.1) is 0 Å². The van der Waals surface area contributed by atoms with Crippen molar-refractivity contribution in [3.8, 4) is 11.5 Å². The zero-order valence-electron chi connectivity index (χ0n) is 17.1. The fourth-order valence-electron chi connectivity index (χ4n) is 3.79. The topological polar surface area (TPSA) is 72.2 Å². The molecule has 1 aliphatic heterocycles. The van der Waals surface area contributed by atoms with E-state index in [0.29, 0.717) is 55.1 Å². The van der Waals surface area contributed by atoms with Gasteiger partial charge in [0.05, 0.1) is 25.0 Å². The van der Waals surface area contributed by atoms with Gasteiger partial charge in [-0.25, -0.2) is 4.79 Å². The molecule has 1 saturated heterocycles. The van der Waals surface area contributed by atoms with Crippen LogP contribution in [0.25, 0.3) is 11.0 Å². The van der Waals surface area contributed by atoms with Crippen molar-refractivity contribution in [2.45, 2.75) is 6.92 Å². The minimum atomic E-state index is -0.549. The first-order valence-corrected chi connectivity index (χ1v) is 9.98. The maximum Gasteiger partial charge on any atom is 0.337 e. The predicted octanol–water partition coefficient (Wildman–Crippen LogP) is 3.16. The summed E-state index contributed by atoms with van der Waals surface area (Å²) in [7, 11) is 1.65. The standard InChI is InChI=1S/C23H24N2O5/c1-3-29-16-8-9-17-18(15-22(26)30-21(17)14-16)23(27)25-12-10-24(11-13-25)19-6-4-5-7-20(19)28-2/h4-9,14-15H,3,10-13H2,1-2H3. The number of hydrogen-bond donors (Lipinski definition) is 0. The normalized spacial score (nSPS) is 14.1. The zero-order chi connectivity index (χ0) is 21.1. The summed E-state index contributed by atoms with van der Waals surface area (Å²) in [6.45, 7) is 4.85. The van der Waals surface area contributed by atoms with Crippen molar-refractivity contribution >= 4 is 22.6 Å². The molecule has 0 bridgehead atoms. The number of piperazine rings is 1. The van der Waals surface area contributed by atoms with Crippen LogP contribution in [0.5, 0.6) is 11.5 Å². The summed E-state index contributed by atoms with van der Waals surface area (Å²) in [5.74, 6) is 1.24. The first-order chi connectivity index (χ1) is 14.6. The van der Waals surface area contributed by atoms with E-state index in [4.69, 9.17) is 13.9 Å². The predicted molar refractivity (Wildman–Crippen MR) is 115 cm³/mol. The van der Waals surface area contributed by atoms with Crippen LogP contribution in [-0.2, 0) is 0 Å². The summed E-state index contributed by atoms with van der Waals surface area (Å²) >= 11 is 0. The Morgan fingerprint density at radius 3 is 2.57 bits per heavy atom. The van der Waals surface area contributed by atoms with Crippen LogP contribution in [0.15, 0.2) is 57.7 Å². The van der Waals surface area contributed by atoms with Gasteiger partial charge < -0.3 is 23.7 Å². The molecule has 3 aromatic rings. The number of benzene rings is 2. The number of rotatable bonds is 5. The highest BCUT2D eigenvalue weighted by Gasteiger charge is 2.25. The van der Waals surface area contributed by atoms with Crippen LogP contribution >= 0.6 is 0 Å². The molecule has 0 radical (unpaired) electrons. The molecule has 30 heavy (non-hydrogen) atoms. The number of carbonyl (C=O) groups excluding carboxylic acids is 1. The van der Waals surface area contributed by atoms with Crippen molar-refractivity contribution in [3.05, 3.63) is 64.5 Å². The molecule has 0 aliphatic carbocycles. The van der Waals surface area contributed by atoms with Crippen LogP contribution in [-0.4, -0.2) is 50.7 Å². The highest BCUT2D eigenvalue weighted by molar-refractivity contribution is 6.05. The van der Waals surface area contributed by atoms with Crippen molar-refractivity contribution < 1.29 is 18.7 Å². The fraction of sp³-hybridized carbons (Fsp3) is 0.304. The Morgan fingerprint density at radius 1 is 1.07 bits per heavy atom. The fourth-order valence-corrected chi connectivity index (χ4v) is 3.79. The van der Waals surface area contributed by atoms with Crippen molar-refractivity contribution in [1.82, 2.24) is 4.90 Å². The van der Waals surface area contributed by atoms with Gasteiger partial charge in [0, 0.05) is 43.7 Å². The van der Waals surface area contributed by atoms with Crippen LogP contribution in [0, 0.1) is 0 Å². The van der Waals surface area contributed by atoms with E-state index in [2.05, 4.69) is 4.90 Å². The third kappa shape index (κ3) is 3.83. The van der Waals surface area contributed by atoms with Gasteiger partial charge in [0.25, 0.3) is 5.91 Å². The molecule has 1 aliphatic rings. The molecule has 0 unspecified atom stereocenters. The number of anilines is 1. The quantitative estimate of drug-likeness (QED) is 0.604. The number of hydrogen-bond acceptors (Lipinski definition) is 6. The number of para-hydroxylation sites is 2. The SMILES string of the molecule is CCOc1ccc2c(C(=O)N3CCN(c4ccccc4OC)CC3)cc(=O)oc2c1. The molecule has 1 aromatic heterocycles. The Morgan fingerprint density at radius 2 is 1.83 bits per heavy atom. The Kier molecular flexibility index (Phi) is 5.61. The second-order valence-corrected chi connectivity index (χ2v) is 7.02. The molecule has 0 atom stereocenters. The molecule has 1 fully saturated rings. The molecule has 7 heteroatoms. The smallest absolute Gasteiger partial charge is 0.337 e. The molecule has 0 N–H and O–H groups in total. The minimum Gasteiger partial charge on any atom is -0.495 e. The first kappa shape index (κ1) is 19.8. The summed E-state index contributed by atoms with van der Waals surface area (Å²) in [6, 6.07) is 14.3. The number of nitrogens with zero attached hydrogens (tertiary/aromatic N) is 2. The average molecular weight is 408 g/mol. The third-order valence-electron chi connectivity index (χ3n) is 5.25. The van der Waals surface area contributed by atoms with Crippen LogP contribution in [0.2, 0.25) is 0 Å². The Hall–Kier alpha value is -3.48. The van der Waals surface area contributed by atoms with Gasteiger partial charge in [-0.3, -0.25) is 4.79 Å². The molecule has 0 spiro atoms. The van der Waals surface area contributed by atoms with Gasteiger partial charge in [-0.2, -0.15) is 0 Å². The first-order valence-electron chi connectivity index (χ1n) is 9.98. The number of fused-ring (bicyclic) bond motifs is 1. The largest absolute Gasteiger partial charge is 0.495 e. The van der Waals surface area contributed by atoms with Gasteiger partial charge >= 0.3 is 5.63 Å². The average Bonchev–Trinajstić information content (AvgIpc) is 2.78. The Labute approximate surface area is 174 Å². The van der Waals surface area contributed by atoms with Crippen LogP contribution in [0.4, 0.5) is 5.69 Å². The Bertz CT molecular complexity index is 1120. The molecule has 4 rings (SSSR count). The van der Waals surface area contributed by atoms with E-state index < -0.39 is 5.63 Å². The second kappa shape index (κ2) is 8.49. The minimum absolute atomic E-state index is 0.170. The molecule has 156 valence electrons. The van der Waals surface area contributed by atoms with E-state index in [0.717, 1.165) is 11.4 Å². The number of carbonyl (C=O) groups is 1. The summed E-state index contributed by atoms with van der Waals surface area (Å²) in [5, 5.41) is 0.607. The lowest BCUT2D eigenvalue weighted by Crippen LogP contribution is -2.49. The summed E-state index contributed by atoms with van der Waals surface area (Å²) in [6.07, 6.45) is 0. The van der Waals surface area contributed by atoms with Crippen LogP contribution in [0.1, 0.15) is 17.3 Å². The van der Waals surface area contributed by atoms with Crippen molar-refractivity contribution in [2.75, 3.05) is 44.8 Å². The van der Waals surface area contributed by atoms with Gasteiger partial charge in [0.1, 0.15) is 17.1 Å². The molecule has 7 nitrogen and oxygen atoms in total. The summed E-state index contributed by atoms with van der Waals surface area (Å²) < 4.78 is 16.2. The van der Waals surface area contributed by atoms with E-state index in [-0.39, 0.29) is 5.91 Å². The van der Waals surface area contributed by atoms with E-state index in [1.54, 1.807) is 30.2 Å². The van der Waals surface area contributed by atoms with E-state index in [1.165, 1.54) is 6.07 Å². The van der Waals surface area contributed by atoms with Crippen molar-refractivity contribution in [2.24, 2.45) is 0 Å². The molecule has 1 amide bonds. The summed E-state index contributed by atoms with van der Waals surface area (Å²) in [5.41, 5.74) is 1.17. The zero-order valence-corrected chi connectivity index (χ0v) is 17.1. The number of amides is 1. The van der Waals surface area contributed by atoms with Crippen molar-refractivity contribution in [3.63, 3.8) is 0 Å². The number of methoxy groups -OCH3 is 1. The molecule has 2 aromatic carbocycles. The lowest BCUT2D eigenvalue weighted by Gasteiger charge is -2.36.